The maximum atomic E-state index is 12.7. The SMILES string of the molecule is CCOC(=O)C1=C(C)NC(SCC(=O)Nc2cccc(OC)c2)=N[C@@H]1c1ccccc1OC. The van der Waals surface area contributed by atoms with Gasteiger partial charge in [-0.05, 0) is 32.0 Å². The number of hydrogen-bond donors (Lipinski definition) is 2. The first-order valence-corrected chi connectivity index (χ1v) is 11.4. The lowest BCUT2D eigenvalue weighted by atomic mass is 9.96. The van der Waals surface area contributed by atoms with E-state index in [4.69, 9.17) is 19.2 Å². The standard InChI is InChI=1S/C24H27N3O5S/c1-5-32-23(29)21-15(2)25-24(27-22(21)18-11-6-7-12-19(18)31-4)33-14-20(28)26-16-9-8-10-17(13-16)30-3/h6-13,22H,5,14H2,1-4H3,(H,25,27)(H,26,28)/t22-/m1/s1. The van der Waals surface area contributed by atoms with E-state index < -0.39 is 12.0 Å². The van der Waals surface area contributed by atoms with E-state index >= 15 is 0 Å². The Bertz CT molecular complexity index is 1080. The molecule has 1 aliphatic rings. The first kappa shape index (κ1) is 24.2. The molecule has 2 N–H and O–H groups in total. The summed E-state index contributed by atoms with van der Waals surface area (Å²) in [7, 11) is 3.14. The van der Waals surface area contributed by atoms with Crippen molar-refractivity contribution in [3.05, 3.63) is 65.4 Å². The highest BCUT2D eigenvalue weighted by molar-refractivity contribution is 8.14. The lowest BCUT2D eigenvalue weighted by Crippen LogP contribution is -2.31. The number of thioether (sulfide) groups is 1. The first-order valence-electron chi connectivity index (χ1n) is 10.4. The zero-order chi connectivity index (χ0) is 23.8. The van der Waals surface area contributed by atoms with Crippen LogP contribution in [0.25, 0.3) is 0 Å². The molecular weight excluding hydrogens is 442 g/mol. The fraction of sp³-hybridized carbons (Fsp3) is 0.292. The number of anilines is 1. The van der Waals surface area contributed by atoms with Crippen LogP contribution in [0.4, 0.5) is 5.69 Å². The summed E-state index contributed by atoms with van der Waals surface area (Å²) >= 11 is 1.25. The number of rotatable bonds is 8. The molecule has 0 aliphatic carbocycles. The number of nitrogens with one attached hydrogen (secondary N) is 2. The molecule has 8 nitrogen and oxygen atoms in total. The van der Waals surface area contributed by atoms with E-state index in [1.54, 1.807) is 52.3 Å². The number of nitrogens with zero attached hydrogens (tertiary/aromatic N) is 1. The Morgan fingerprint density at radius 3 is 2.64 bits per heavy atom. The number of carbonyl (C=O) groups excluding carboxylic acids is 2. The predicted octanol–water partition coefficient (Wildman–Crippen LogP) is 3.91. The molecule has 0 unspecified atom stereocenters. The van der Waals surface area contributed by atoms with Crippen LogP contribution in [0.1, 0.15) is 25.5 Å². The van der Waals surface area contributed by atoms with Crippen LogP contribution < -0.4 is 20.1 Å². The number of methoxy groups -OCH3 is 2. The highest BCUT2D eigenvalue weighted by Crippen LogP contribution is 2.37. The molecule has 9 heteroatoms. The van der Waals surface area contributed by atoms with Gasteiger partial charge in [0, 0.05) is 23.0 Å². The average Bonchev–Trinajstić information content (AvgIpc) is 2.82. The van der Waals surface area contributed by atoms with Crippen molar-refractivity contribution >= 4 is 34.5 Å². The summed E-state index contributed by atoms with van der Waals surface area (Å²) in [4.78, 5) is 29.9. The number of aliphatic imine (C=N–C) groups is 1. The number of ether oxygens (including phenoxy) is 3. The third-order valence-electron chi connectivity index (χ3n) is 4.84. The summed E-state index contributed by atoms with van der Waals surface area (Å²) in [6.45, 7) is 3.80. The van der Waals surface area contributed by atoms with E-state index in [1.807, 2.05) is 24.3 Å². The summed E-state index contributed by atoms with van der Waals surface area (Å²) in [6.07, 6.45) is 0. The van der Waals surface area contributed by atoms with Crippen LogP contribution in [-0.4, -0.2) is 43.6 Å². The maximum Gasteiger partial charge on any atom is 0.338 e. The van der Waals surface area contributed by atoms with Crippen molar-refractivity contribution in [1.82, 2.24) is 5.32 Å². The molecule has 0 radical (unpaired) electrons. The van der Waals surface area contributed by atoms with Crippen molar-refractivity contribution in [2.45, 2.75) is 19.9 Å². The second-order valence-corrected chi connectivity index (χ2v) is 8.00. The Kier molecular flexibility index (Phi) is 8.37. The lowest BCUT2D eigenvalue weighted by molar-refractivity contribution is -0.139. The van der Waals surface area contributed by atoms with Gasteiger partial charge < -0.3 is 24.8 Å². The van der Waals surface area contributed by atoms with Crippen LogP contribution in [0.2, 0.25) is 0 Å². The topological polar surface area (TPSA) is 98.2 Å². The van der Waals surface area contributed by atoms with E-state index in [9.17, 15) is 9.59 Å². The van der Waals surface area contributed by atoms with Crippen molar-refractivity contribution in [1.29, 1.82) is 0 Å². The molecule has 2 aromatic carbocycles. The quantitative estimate of drug-likeness (QED) is 0.566. The zero-order valence-electron chi connectivity index (χ0n) is 19.0. The van der Waals surface area contributed by atoms with Crippen LogP contribution in [0.3, 0.4) is 0 Å². The number of amidine groups is 1. The molecule has 174 valence electrons. The Morgan fingerprint density at radius 2 is 1.91 bits per heavy atom. The number of amides is 1. The van der Waals surface area contributed by atoms with E-state index in [0.717, 1.165) is 5.56 Å². The molecule has 1 heterocycles. The molecule has 1 atom stereocenters. The van der Waals surface area contributed by atoms with Crippen molar-refractivity contribution < 1.29 is 23.8 Å². The molecule has 33 heavy (non-hydrogen) atoms. The largest absolute Gasteiger partial charge is 0.497 e. The van der Waals surface area contributed by atoms with Gasteiger partial charge in [0.15, 0.2) is 5.17 Å². The minimum atomic E-state index is -0.620. The fourth-order valence-electron chi connectivity index (χ4n) is 3.34. The van der Waals surface area contributed by atoms with E-state index in [-0.39, 0.29) is 18.3 Å². The third kappa shape index (κ3) is 6.07. The van der Waals surface area contributed by atoms with Crippen LogP contribution in [0, 0.1) is 0 Å². The van der Waals surface area contributed by atoms with Crippen molar-refractivity contribution in [3.63, 3.8) is 0 Å². The van der Waals surface area contributed by atoms with E-state index in [0.29, 0.717) is 33.6 Å². The van der Waals surface area contributed by atoms with Crippen LogP contribution >= 0.6 is 11.8 Å². The highest BCUT2D eigenvalue weighted by Gasteiger charge is 2.32. The van der Waals surface area contributed by atoms with Crippen molar-refractivity contribution in [2.75, 3.05) is 31.9 Å². The normalized spacial score (nSPS) is 15.3. The summed E-state index contributed by atoms with van der Waals surface area (Å²) in [5.41, 5.74) is 2.41. The van der Waals surface area contributed by atoms with Gasteiger partial charge >= 0.3 is 5.97 Å². The highest BCUT2D eigenvalue weighted by atomic mass is 32.2. The number of carbonyl (C=O) groups is 2. The van der Waals surface area contributed by atoms with Gasteiger partial charge in [-0.2, -0.15) is 0 Å². The number of allylic oxidation sites excluding steroid dienone is 1. The van der Waals surface area contributed by atoms with Crippen LogP contribution in [-0.2, 0) is 14.3 Å². The molecule has 0 aromatic heterocycles. The fourth-order valence-corrected chi connectivity index (χ4v) is 4.09. The Balaban J connectivity index is 1.79. The van der Waals surface area contributed by atoms with Crippen LogP contribution in [0.5, 0.6) is 11.5 Å². The predicted molar refractivity (Wildman–Crippen MR) is 130 cm³/mol. The Labute approximate surface area is 197 Å². The first-order chi connectivity index (χ1) is 16.0. The molecule has 0 fully saturated rings. The van der Waals surface area contributed by atoms with E-state index in [1.165, 1.54) is 11.8 Å². The molecule has 2 aromatic rings. The minimum Gasteiger partial charge on any atom is -0.497 e. The molecule has 0 spiro atoms. The van der Waals surface area contributed by atoms with E-state index in [2.05, 4.69) is 10.6 Å². The molecule has 0 saturated heterocycles. The molecule has 3 rings (SSSR count). The molecular formula is C24H27N3O5S. The summed E-state index contributed by atoms with van der Waals surface area (Å²) in [5.74, 6) is 0.768. The van der Waals surface area contributed by atoms with Gasteiger partial charge in [0.2, 0.25) is 5.91 Å². The number of hydrogen-bond acceptors (Lipinski definition) is 8. The summed E-state index contributed by atoms with van der Waals surface area (Å²) in [6, 6.07) is 13.9. The van der Waals surface area contributed by atoms with Gasteiger partial charge in [0.05, 0.1) is 32.2 Å². The van der Waals surface area contributed by atoms with Gasteiger partial charge in [-0.3, -0.25) is 4.79 Å². The Morgan fingerprint density at radius 1 is 1.12 bits per heavy atom. The minimum absolute atomic E-state index is 0.129. The zero-order valence-corrected chi connectivity index (χ0v) is 19.8. The number of esters is 1. The smallest absolute Gasteiger partial charge is 0.338 e. The third-order valence-corrected chi connectivity index (χ3v) is 5.73. The second-order valence-electron chi connectivity index (χ2n) is 7.03. The second kappa shape index (κ2) is 11.4. The molecule has 0 bridgehead atoms. The van der Waals surface area contributed by atoms with Gasteiger partial charge in [-0.15, -0.1) is 0 Å². The van der Waals surface area contributed by atoms with Crippen molar-refractivity contribution in [2.24, 2.45) is 4.99 Å². The monoisotopic (exact) mass is 469 g/mol. The Hall–Kier alpha value is -3.46. The number of benzene rings is 2. The van der Waals surface area contributed by atoms with Gasteiger partial charge in [-0.25, -0.2) is 9.79 Å². The summed E-state index contributed by atoms with van der Waals surface area (Å²) in [5, 5.41) is 6.50. The van der Waals surface area contributed by atoms with Gasteiger partial charge in [-0.1, -0.05) is 36.0 Å². The summed E-state index contributed by atoms with van der Waals surface area (Å²) < 4.78 is 15.9. The number of para-hydroxylation sites is 1. The van der Waals surface area contributed by atoms with Crippen molar-refractivity contribution in [3.8, 4) is 11.5 Å². The van der Waals surface area contributed by atoms with Gasteiger partial charge in [0.25, 0.3) is 0 Å². The lowest BCUT2D eigenvalue weighted by Gasteiger charge is -2.26. The molecule has 0 saturated carbocycles. The van der Waals surface area contributed by atoms with Crippen LogP contribution in [0.15, 0.2) is 64.8 Å². The average molecular weight is 470 g/mol. The maximum absolute atomic E-state index is 12.7. The van der Waals surface area contributed by atoms with Gasteiger partial charge in [0.1, 0.15) is 17.5 Å². The molecule has 1 amide bonds. The molecule has 1 aliphatic heterocycles.